The molecular formula is C18H28N2O2. The number of hydrogen-bond acceptors (Lipinski definition) is 3. The molecular weight excluding hydrogens is 276 g/mol. The summed E-state index contributed by atoms with van der Waals surface area (Å²) in [5.74, 6) is 1.60. The van der Waals surface area contributed by atoms with Crippen LogP contribution in [0.1, 0.15) is 31.2 Å². The molecule has 1 aliphatic heterocycles. The molecule has 1 amide bonds. The maximum atomic E-state index is 12.8. The maximum absolute atomic E-state index is 12.8. The third-order valence-electron chi connectivity index (χ3n) is 4.62. The summed E-state index contributed by atoms with van der Waals surface area (Å²) in [7, 11) is 5.74. The molecule has 1 aliphatic rings. The topological polar surface area (TPSA) is 32.8 Å². The molecule has 0 bridgehead atoms. The second kappa shape index (κ2) is 7.63. The minimum absolute atomic E-state index is 0.0601. The van der Waals surface area contributed by atoms with Crippen molar-refractivity contribution < 1.29 is 9.53 Å². The first-order valence-electron chi connectivity index (χ1n) is 8.12. The van der Waals surface area contributed by atoms with Gasteiger partial charge in [0.05, 0.1) is 13.0 Å². The molecule has 1 fully saturated rings. The van der Waals surface area contributed by atoms with E-state index >= 15 is 0 Å². The number of carbonyl (C=O) groups is 1. The van der Waals surface area contributed by atoms with Gasteiger partial charge < -0.3 is 14.5 Å². The quantitative estimate of drug-likeness (QED) is 0.810. The molecule has 1 aromatic carbocycles. The number of ether oxygens (including phenoxy) is 1. The number of hydrogen-bond donors (Lipinski definition) is 0. The number of likely N-dealkylation sites (tertiary alicyclic amines) is 1. The Morgan fingerprint density at radius 3 is 2.59 bits per heavy atom. The largest absolute Gasteiger partial charge is 0.497 e. The summed E-state index contributed by atoms with van der Waals surface area (Å²) in [6, 6.07) is 7.86. The number of benzene rings is 1. The van der Waals surface area contributed by atoms with Gasteiger partial charge in [0.15, 0.2) is 0 Å². The van der Waals surface area contributed by atoms with E-state index in [0.29, 0.717) is 5.92 Å². The first-order chi connectivity index (χ1) is 10.5. The van der Waals surface area contributed by atoms with E-state index in [0.717, 1.165) is 37.4 Å². The van der Waals surface area contributed by atoms with Crippen LogP contribution in [0.2, 0.25) is 0 Å². The van der Waals surface area contributed by atoms with E-state index in [4.69, 9.17) is 4.74 Å². The Balaban J connectivity index is 2.00. The van der Waals surface area contributed by atoms with Crippen molar-refractivity contribution >= 4 is 5.91 Å². The van der Waals surface area contributed by atoms with Crippen LogP contribution in [-0.4, -0.2) is 56.5 Å². The third kappa shape index (κ3) is 4.01. The maximum Gasteiger partial charge on any atom is 0.229 e. The van der Waals surface area contributed by atoms with Gasteiger partial charge in [0.25, 0.3) is 0 Å². The smallest absolute Gasteiger partial charge is 0.229 e. The minimum Gasteiger partial charge on any atom is -0.497 e. The molecule has 2 rings (SSSR count). The molecule has 1 aromatic rings. The van der Waals surface area contributed by atoms with Crippen molar-refractivity contribution in [2.24, 2.45) is 5.92 Å². The molecule has 1 heterocycles. The summed E-state index contributed by atoms with van der Waals surface area (Å²) in [6.45, 7) is 5.17. The Bertz CT molecular complexity index is 486. The van der Waals surface area contributed by atoms with Crippen LogP contribution in [0.4, 0.5) is 0 Å². The molecule has 0 N–H and O–H groups in total. The zero-order valence-electron chi connectivity index (χ0n) is 14.2. The Morgan fingerprint density at radius 2 is 2.09 bits per heavy atom. The van der Waals surface area contributed by atoms with Crippen LogP contribution in [-0.2, 0) is 4.79 Å². The summed E-state index contributed by atoms with van der Waals surface area (Å²) < 4.78 is 5.19. The van der Waals surface area contributed by atoms with E-state index in [1.807, 2.05) is 36.2 Å². The van der Waals surface area contributed by atoms with Crippen LogP contribution < -0.4 is 4.74 Å². The van der Waals surface area contributed by atoms with Crippen molar-refractivity contribution in [2.45, 2.75) is 25.7 Å². The number of nitrogens with zero attached hydrogens (tertiary/aromatic N) is 2. The molecule has 0 aromatic heterocycles. The van der Waals surface area contributed by atoms with Crippen LogP contribution in [0, 0.1) is 5.92 Å². The van der Waals surface area contributed by atoms with Crippen molar-refractivity contribution in [2.75, 3.05) is 40.8 Å². The lowest BCUT2D eigenvalue weighted by atomic mass is 9.94. The predicted octanol–water partition coefficient (Wildman–Crippen LogP) is 2.60. The first-order valence-corrected chi connectivity index (χ1v) is 8.12. The molecule has 0 saturated carbocycles. The highest BCUT2D eigenvalue weighted by Crippen LogP contribution is 2.25. The summed E-state index contributed by atoms with van der Waals surface area (Å²) in [6.07, 6.45) is 2.01. The van der Waals surface area contributed by atoms with Crippen molar-refractivity contribution in [3.8, 4) is 5.75 Å². The number of carbonyl (C=O) groups excluding carboxylic acids is 1. The van der Waals surface area contributed by atoms with Gasteiger partial charge in [0.1, 0.15) is 5.75 Å². The average molecular weight is 304 g/mol. The second-order valence-electron chi connectivity index (χ2n) is 6.37. The molecule has 2 atom stereocenters. The van der Waals surface area contributed by atoms with E-state index in [1.165, 1.54) is 6.42 Å². The van der Waals surface area contributed by atoms with E-state index in [9.17, 15) is 4.79 Å². The molecule has 0 aliphatic carbocycles. The Hall–Kier alpha value is -1.55. The van der Waals surface area contributed by atoms with E-state index in [2.05, 4.69) is 18.9 Å². The summed E-state index contributed by atoms with van der Waals surface area (Å²) in [5.41, 5.74) is 1.07. The standard InChI is InChI=1S/C18H28N2O2/c1-5-17(15-6-8-16(22-4)9-7-15)18(21)20(3)13-14-10-11-19(2)12-14/h6-9,14,17H,5,10-13H2,1-4H3/t14-,17+/m0/s1. The van der Waals surface area contributed by atoms with Gasteiger partial charge in [-0.1, -0.05) is 19.1 Å². The normalized spacial score (nSPS) is 19.9. The fourth-order valence-corrected chi connectivity index (χ4v) is 3.31. The zero-order chi connectivity index (χ0) is 16.1. The molecule has 0 radical (unpaired) electrons. The number of likely N-dealkylation sites (N-methyl/N-ethyl adjacent to an activating group) is 1. The van der Waals surface area contributed by atoms with Gasteiger partial charge in [-0.15, -0.1) is 0 Å². The Morgan fingerprint density at radius 1 is 1.41 bits per heavy atom. The van der Waals surface area contributed by atoms with E-state index < -0.39 is 0 Å². The van der Waals surface area contributed by atoms with Gasteiger partial charge in [-0.2, -0.15) is 0 Å². The molecule has 1 saturated heterocycles. The Labute approximate surface area is 134 Å². The van der Waals surface area contributed by atoms with Gasteiger partial charge in [0, 0.05) is 20.1 Å². The van der Waals surface area contributed by atoms with Crippen molar-refractivity contribution in [3.05, 3.63) is 29.8 Å². The van der Waals surface area contributed by atoms with Crippen molar-refractivity contribution in [1.82, 2.24) is 9.80 Å². The highest BCUT2D eigenvalue weighted by atomic mass is 16.5. The molecule has 4 nitrogen and oxygen atoms in total. The summed E-state index contributed by atoms with van der Waals surface area (Å²) in [5, 5.41) is 0. The van der Waals surface area contributed by atoms with Crippen LogP contribution in [0.15, 0.2) is 24.3 Å². The van der Waals surface area contributed by atoms with Gasteiger partial charge in [-0.3, -0.25) is 4.79 Å². The highest BCUT2D eigenvalue weighted by Gasteiger charge is 2.26. The van der Waals surface area contributed by atoms with Gasteiger partial charge in [-0.25, -0.2) is 0 Å². The molecule has 122 valence electrons. The second-order valence-corrected chi connectivity index (χ2v) is 6.37. The lowest BCUT2D eigenvalue weighted by Crippen LogP contribution is -2.36. The fraction of sp³-hybridized carbons (Fsp3) is 0.611. The third-order valence-corrected chi connectivity index (χ3v) is 4.62. The van der Waals surface area contributed by atoms with E-state index in [1.54, 1.807) is 7.11 Å². The first kappa shape index (κ1) is 16.8. The van der Waals surface area contributed by atoms with Gasteiger partial charge in [-0.05, 0) is 50.0 Å². The van der Waals surface area contributed by atoms with Crippen molar-refractivity contribution in [3.63, 3.8) is 0 Å². The average Bonchev–Trinajstić information content (AvgIpc) is 2.93. The predicted molar refractivity (Wildman–Crippen MR) is 89.3 cm³/mol. The number of methoxy groups -OCH3 is 1. The van der Waals surface area contributed by atoms with Crippen molar-refractivity contribution in [1.29, 1.82) is 0 Å². The molecule has 22 heavy (non-hydrogen) atoms. The molecule has 0 spiro atoms. The SMILES string of the molecule is CC[C@@H](C(=O)N(C)C[C@H]1CCN(C)C1)c1ccc(OC)cc1. The van der Waals surface area contributed by atoms with Crippen LogP contribution in [0.25, 0.3) is 0 Å². The number of amides is 1. The number of rotatable bonds is 6. The summed E-state index contributed by atoms with van der Waals surface area (Å²) >= 11 is 0. The van der Waals surface area contributed by atoms with E-state index in [-0.39, 0.29) is 11.8 Å². The Kier molecular flexibility index (Phi) is 5.83. The zero-order valence-corrected chi connectivity index (χ0v) is 14.2. The van der Waals surface area contributed by atoms with Gasteiger partial charge in [0.2, 0.25) is 5.91 Å². The summed E-state index contributed by atoms with van der Waals surface area (Å²) in [4.78, 5) is 17.0. The van der Waals surface area contributed by atoms with Gasteiger partial charge >= 0.3 is 0 Å². The highest BCUT2D eigenvalue weighted by molar-refractivity contribution is 5.83. The van der Waals surface area contributed by atoms with Crippen LogP contribution in [0.5, 0.6) is 5.75 Å². The minimum atomic E-state index is -0.0601. The lowest BCUT2D eigenvalue weighted by Gasteiger charge is -2.26. The fourth-order valence-electron chi connectivity index (χ4n) is 3.31. The monoisotopic (exact) mass is 304 g/mol. The van der Waals surface area contributed by atoms with Crippen LogP contribution in [0.3, 0.4) is 0 Å². The lowest BCUT2D eigenvalue weighted by molar-refractivity contribution is -0.132. The molecule has 4 heteroatoms. The molecule has 0 unspecified atom stereocenters. The van der Waals surface area contributed by atoms with Crippen LogP contribution >= 0.6 is 0 Å².